The quantitative estimate of drug-likeness (QED) is 0.826. The zero-order valence-electron chi connectivity index (χ0n) is 10.2. The Morgan fingerprint density at radius 3 is 2.83 bits per heavy atom. The Kier molecular flexibility index (Phi) is 2.78. The number of hydrogen-bond donors (Lipinski definition) is 2. The molecule has 1 aliphatic carbocycles. The molecule has 2 aliphatic rings. The summed E-state index contributed by atoms with van der Waals surface area (Å²) in [5.74, 6) is -0.150. The first-order valence-corrected chi connectivity index (χ1v) is 6.44. The Morgan fingerprint density at radius 1 is 1.22 bits per heavy atom. The van der Waals surface area contributed by atoms with E-state index in [0.29, 0.717) is 12.8 Å². The van der Waals surface area contributed by atoms with Gasteiger partial charge < -0.3 is 10.6 Å². The van der Waals surface area contributed by atoms with Gasteiger partial charge in [0.15, 0.2) is 0 Å². The molecule has 4 nitrogen and oxygen atoms in total. The second kappa shape index (κ2) is 4.44. The van der Waals surface area contributed by atoms with Crippen LogP contribution in [0.5, 0.6) is 0 Å². The van der Waals surface area contributed by atoms with Gasteiger partial charge in [0.2, 0.25) is 11.8 Å². The first kappa shape index (κ1) is 11.3. The third-order valence-corrected chi connectivity index (χ3v) is 3.68. The number of aryl methyl sites for hydroxylation is 2. The van der Waals surface area contributed by atoms with Crippen molar-refractivity contribution in [1.29, 1.82) is 0 Å². The topological polar surface area (TPSA) is 58.2 Å². The molecule has 1 saturated heterocycles. The number of nitrogens with one attached hydrogen (secondary N) is 2. The van der Waals surface area contributed by atoms with Crippen LogP contribution in [0, 0.1) is 0 Å². The lowest BCUT2D eigenvalue weighted by Crippen LogP contribution is -2.37. The summed E-state index contributed by atoms with van der Waals surface area (Å²) < 4.78 is 0. The predicted octanol–water partition coefficient (Wildman–Crippen LogP) is 1.39. The summed E-state index contributed by atoms with van der Waals surface area (Å²) in [6, 6.07) is 5.71. The highest BCUT2D eigenvalue weighted by Crippen LogP contribution is 2.25. The van der Waals surface area contributed by atoms with Gasteiger partial charge in [-0.25, -0.2) is 0 Å². The molecule has 1 fully saturated rings. The summed E-state index contributed by atoms with van der Waals surface area (Å²) in [5, 5.41) is 5.56. The molecule has 0 bridgehead atoms. The van der Waals surface area contributed by atoms with Crippen molar-refractivity contribution in [2.24, 2.45) is 0 Å². The maximum absolute atomic E-state index is 11.9. The van der Waals surface area contributed by atoms with Crippen molar-refractivity contribution < 1.29 is 9.59 Å². The van der Waals surface area contributed by atoms with Crippen LogP contribution in [0.25, 0.3) is 0 Å². The molecule has 4 heteroatoms. The highest BCUT2D eigenvalue weighted by Gasteiger charge is 2.27. The lowest BCUT2D eigenvalue weighted by molar-refractivity contribution is -0.122. The second-order valence-electron chi connectivity index (χ2n) is 4.99. The molecule has 0 radical (unpaired) electrons. The van der Waals surface area contributed by atoms with Crippen molar-refractivity contribution >= 4 is 17.5 Å². The fraction of sp³-hybridized carbons (Fsp3) is 0.429. The minimum atomic E-state index is -0.370. The predicted molar refractivity (Wildman–Crippen MR) is 68.3 cm³/mol. The molecule has 0 unspecified atom stereocenters. The van der Waals surface area contributed by atoms with Crippen LogP contribution in [0.2, 0.25) is 0 Å². The molecule has 1 aromatic rings. The molecule has 18 heavy (non-hydrogen) atoms. The van der Waals surface area contributed by atoms with Crippen molar-refractivity contribution in [2.75, 3.05) is 5.32 Å². The van der Waals surface area contributed by atoms with E-state index in [9.17, 15) is 9.59 Å². The number of amides is 2. The molecule has 1 aromatic carbocycles. The van der Waals surface area contributed by atoms with E-state index < -0.39 is 0 Å². The summed E-state index contributed by atoms with van der Waals surface area (Å²) in [6.07, 6.45) is 4.48. The van der Waals surface area contributed by atoms with Crippen LogP contribution in [-0.2, 0) is 22.4 Å². The summed E-state index contributed by atoms with van der Waals surface area (Å²) >= 11 is 0. The van der Waals surface area contributed by atoms with E-state index >= 15 is 0 Å². The van der Waals surface area contributed by atoms with E-state index in [1.165, 1.54) is 17.5 Å². The van der Waals surface area contributed by atoms with Gasteiger partial charge in [0.1, 0.15) is 6.04 Å². The molecule has 0 aromatic heterocycles. The maximum Gasteiger partial charge on any atom is 0.246 e. The SMILES string of the molecule is O=C1CC[C@H](C(=O)Nc2ccc3c(c2)CCC3)N1. The van der Waals surface area contributed by atoms with E-state index in [-0.39, 0.29) is 17.9 Å². The number of carbonyl (C=O) groups is 2. The molecule has 0 saturated carbocycles. The summed E-state index contributed by atoms with van der Waals surface area (Å²) in [6.45, 7) is 0. The summed E-state index contributed by atoms with van der Waals surface area (Å²) in [7, 11) is 0. The largest absolute Gasteiger partial charge is 0.344 e. The zero-order valence-corrected chi connectivity index (χ0v) is 10.2. The molecule has 1 heterocycles. The molecular weight excluding hydrogens is 228 g/mol. The number of hydrogen-bond acceptors (Lipinski definition) is 2. The Labute approximate surface area is 106 Å². The van der Waals surface area contributed by atoms with Crippen molar-refractivity contribution in [3.05, 3.63) is 29.3 Å². The van der Waals surface area contributed by atoms with Crippen molar-refractivity contribution in [3.63, 3.8) is 0 Å². The molecule has 1 atom stereocenters. The number of benzene rings is 1. The van der Waals surface area contributed by atoms with E-state index in [1.54, 1.807) is 0 Å². The van der Waals surface area contributed by atoms with Gasteiger partial charge in [0, 0.05) is 12.1 Å². The normalized spacial score (nSPS) is 21.6. The van der Waals surface area contributed by atoms with Crippen LogP contribution in [0.3, 0.4) is 0 Å². The van der Waals surface area contributed by atoms with Gasteiger partial charge in [-0.05, 0) is 48.9 Å². The molecular formula is C14H16N2O2. The number of carbonyl (C=O) groups excluding carboxylic acids is 2. The van der Waals surface area contributed by atoms with Crippen LogP contribution < -0.4 is 10.6 Å². The average molecular weight is 244 g/mol. The van der Waals surface area contributed by atoms with Crippen LogP contribution in [0.15, 0.2) is 18.2 Å². The van der Waals surface area contributed by atoms with Crippen molar-refractivity contribution in [3.8, 4) is 0 Å². The number of fused-ring (bicyclic) bond motifs is 1. The number of rotatable bonds is 2. The molecule has 94 valence electrons. The van der Waals surface area contributed by atoms with Gasteiger partial charge in [0.25, 0.3) is 0 Å². The second-order valence-corrected chi connectivity index (χ2v) is 4.99. The van der Waals surface area contributed by atoms with Gasteiger partial charge in [-0.15, -0.1) is 0 Å². The fourth-order valence-corrected chi connectivity index (χ4v) is 2.69. The molecule has 2 N–H and O–H groups in total. The van der Waals surface area contributed by atoms with Crippen molar-refractivity contribution in [1.82, 2.24) is 5.32 Å². The van der Waals surface area contributed by atoms with Crippen molar-refractivity contribution in [2.45, 2.75) is 38.1 Å². The molecule has 3 rings (SSSR count). The zero-order chi connectivity index (χ0) is 12.5. The summed E-state index contributed by atoms with van der Waals surface area (Å²) in [5.41, 5.74) is 3.56. The van der Waals surface area contributed by atoms with Crippen LogP contribution >= 0.6 is 0 Å². The van der Waals surface area contributed by atoms with E-state index in [2.05, 4.69) is 22.8 Å². The van der Waals surface area contributed by atoms with E-state index in [4.69, 9.17) is 0 Å². The minimum Gasteiger partial charge on any atom is -0.344 e. The van der Waals surface area contributed by atoms with Gasteiger partial charge >= 0.3 is 0 Å². The van der Waals surface area contributed by atoms with Gasteiger partial charge in [-0.1, -0.05) is 6.07 Å². The monoisotopic (exact) mass is 244 g/mol. The lowest BCUT2D eigenvalue weighted by Gasteiger charge is -2.11. The highest BCUT2D eigenvalue weighted by molar-refractivity contribution is 5.99. The number of anilines is 1. The third-order valence-electron chi connectivity index (χ3n) is 3.68. The standard InChI is InChI=1S/C14H16N2O2/c17-13-7-6-12(16-13)14(18)15-11-5-4-9-2-1-3-10(9)8-11/h4-5,8,12H,1-3,6-7H2,(H,15,18)(H,16,17)/t12-/m1/s1. The van der Waals surface area contributed by atoms with E-state index in [0.717, 1.165) is 18.5 Å². The minimum absolute atomic E-state index is 0.0379. The van der Waals surface area contributed by atoms with Gasteiger partial charge in [-0.2, -0.15) is 0 Å². The Morgan fingerprint density at radius 2 is 2.06 bits per heavy atom. The Bertz CT molecular complexity index is 511. The van der Waals surface area contributed by atoms with Gasteiger partial charge in [0.05, 0.1) is 0 Å². The first-order valence-electron chi connectivity index (χ1n) is 6.44. The summed E-state index contributed by atoms with van der Waals surface area (Å²) in [4.78, 5) is 23.0. The first-order chi connectivity index (χ1) is 8.72. The smallest absolute Gasteiger partial charge is 0.246 e. The van der Waals surface area contributed by atoms with Gasteiger partial charge in [-0.3, -0.25) is 9.59 Å². The Hall–Kier alpha value is -1.84. The Balaban J connectivity index is 1.69. The van der Waals surface area contributed by atoms with Crippen LogP contribution in [0.1, 0.15) is 30.4 Å². The molecule has 0 spiro atoms. The molecule has 2 amide bonds. The van der Waals surface area contributed by atoms with E-state index in [1.807, 2.05) is 6.07 Å². The average Bonchev–Trinajstić information content (AvgIpc) is 2.96. The maximum atomic E-state index is 11.9. The van der Waals surface area contributed by atoms with Crippen LogP contribution in [-0.4, -0.2) is 17.9 Å². The lowest BCUT2D eigenvalue weighted by atomic mass is 10.1. The highest BCUT2D eigenvalue weighted by atomic mass is 16.2. The molecule has 1 aliphatic heterocycles. The fourth-order valence-electron chi connectivity index (χ4n) is 2.69. The van der Waals surface area contributed by atoms with Crippen LogP contribution in [0.4, 0.5) is 5.69 Å². The third kappa shape index (κ3) is 2.10.